The lowest BCUT2D eigenvalue weighted by atomic mass is 10.3. The van der Waals surface area contributed by atoms with E-state index >= 15 is 0 Å². The number of nitrogens with one attached hydrogen (secondary N) is 1. The quantitative estimate of drug-likeness (QED) is 0.719. The second-order valence-corrected chi connectivity index (χ2v) is 3.17. The highest BCUT2D eigenvalue weighted by atomic mass is 16.5. The first-order valence-corrected chi connectivity index (χ1v) is 4.52. The maximum atomic E-state index is 11.5. The Bertz CT molecular complexity index is 325. The van der Waals surface area contributed by atoms with Gasteiger partial charge in [0.2, 0.25) is 0 Å². The Morgan fingerprint density at radius 2 is 2.33 bits per heavy atom. The van der Waals surface area contributed by atoms with E-state index in [2.05, 4.69) is 15.5 Å². The molecular formula is C9H14N4O2. The number of nitrogens with zero attached hydrogens (tertiary/aromatic N) is 2. The number of methoxy groups -OCH3 is 1. The topological polar surface area (TPSA) is 90.1 Å². The first kappa shape index (κ1) is 11.4. The van der Waals surface area contributed by atoms with Gasteiger partial charge in [0.25, 0.3) is 5.91 Å². The summed E-state index contributed by atoms with van der Waals surface area (Å²) in [5.74, 6) is 0.00328. The van der Waals surface area contributed by atoms with Crippen molar-refractivity contribution in [1.29, 1.82) is 0 Å². The van der Waals surface area contributed by atoms with Crippen LogP contribution in [0, 0.1) is 0 Å². The molecule has 3 N–H and O–H groups in total. The Kier molecular flexibility index (Phi) is 3.99. The fourth-order valence-electron chi connectivity index (χ4n) is 1.05. The summed E-state index contributed by atoms with van der Waals surface area (Å²) in [4.78, 5) is 11.5. The molecule has 0 fully saturated rings. The minimum atomic E-state index is -0.285. The molecule has 0 spiro atoms. The number of carbonyl (C=O) groups excluding carboxylic acids is 1. The molecule has 0 aliphatic carbocycles. The van der Waals surface area contributed by atoms with Crippen LogP contribution < -0.4 is 11.1 Å². The van der Waals surface area contributed by atoms with E-state index in [1.54, 1.807) is 7.11 Å². The Morgan fingerprint density at radius 1 is 1.60 bits per heavy atom. The molecule has 6 heteroatoms. The Balaban J connectivity index is 2.57. The Labute approximate surface area is 87.8 Å². The molecule has 1 unspecified atom stereocenters. The minimum absolute atomic E-state index is 0.0677. The van der Waals surface area contributed by atoms with E-state index in [4.69, 9.17) is 10.5 Å². The Hall–Kier alpha value is -1.69. The number of amides is 1. The van der Waals surface area contributed by atoms with E-state index < -0.39 is 0 Å². The van der Waals surface area contributed by atoms with Crippen LogP contribution in [0.4, 0.5) is 5.82 Å². The van der Waals surface area contributed by atoms with Crippen LogP contribution in [0.25, 0.3) is 0 Å². The average Bonchev–Trinajstić information content (AvgIpc) is 2.18. The zero-order valence-corrected chi connectivity index (χ0v) is 8.73. The van der Waals surface area contributed by atoms with Gasteiger partial charge < -0.3 is 15.8 Å². The summed E-state index contributed by atoms with van der Waals surface area (Å²) < 4.78 is 4.89. The first-order chi connectivity index (χ1) is 7.13. The maximum Gasteiger partial charge on any atom is 0.272 e. The molecule has 0 saturated heterocycles. The molecule has 1 aromatic rings. The summed E-state index contributed by atoms with van der Waals surface area (Å²) in [6, 6.07) is 2.99. The molecular weight excluding hydrogens is 196 g/mol. The van der Waals surface area contributed by atoms with E-state index in [-0.39, 0.29) is 23.5 Å². The molecule has 0 saturated carbocycles. The molecule has 1 aromatic heterocycles. The minimum Gasteiger partial charge on any atom is -0.383 e. The normalized spacial score (nSPS) is 12.1. The highest BCUT2D eigenvalue weighted by Crippen LogP contribution is 1.97. The lowest BCUT2D eigenvalue weighted by Crippen LogP contribution is -2.36. The lowest BCUT2D eigenvalue weighted by molar-refractivity contribution is 0.0899. The molecule has 1 atom stereocenters. The van der Waals surface area contributed by atoms with E-state index in [9.17, 15) is 4.79 Å². The molecule has 82 valence electrons. The molecule has 0 aliphatic heterocycles. The van der Waals surface area contributed by atoms with Crippen molar-refractivity contribution in [2.45, 2.75) is 13.0 Å². The van der Waals surface area contributed by atoms with E-state index in [1.165, 1.54) is 12.1 Å². The van der Waals surface area contributed by atoms with Gasteiger partial charge in [-0.1, -0.05) is 0 Å². The monoisotopic (exact) mass is 210 g/mol. The van der Waals surface area contributed by atoms with Crippen molar-refractivity contribution in [3.63, 3.8) is 0 Å². The van der Waals surface area contributed by atoms with E-state index in [0.29, 0.717) is 6.61 Å². The van der Waals surface area contributed by atoms with Crippen LogP contribution in [0.2, 0.25) is 0 Å². The van der Waals surface area contributed by atoms with Crippen LogP contribution in [0.3, 0.4) is 0 Å². The van der Waals surface area contributed by atoms with Crippen molar-refractivity contribution >= 4 is 11.7 Å². The fraction of sp³-hybridized carbons (Fsp3) is 0.444. The van der Waals surface area contributed by atoms with Crippen molar-refractivity contribution in [3.05, 3.63) is 17.8 Å². The lowest BCUT2D eigenvalue weighted by Gasteiger charge is -2.11. The third-order valence-electron chi connectivity index (χ3n) is 1.71. The zero-order valence-electron chi connectivity index (χ0n) is 8.73. The van der Waals surface area contributed by atoms with Gasteiger partial charge in [0.15, 0.2) is 5.69 Å². The van der Waals surface area contributed by atoms with Crippen molar-refractivity contribution < 1.29 is 9.53 Å². The van der Waals surface area contributed by atoms with Gasteiger partial charge in [0.05, 0.1) is 6.61 Å². The Morgan fingerprint density at radius 3 is 2.87 bits per heavy atom. The van der Waals surface area contributed by atoms with Crippen LogP contribution in [0.15, 0.2) is 12.1 Å². The van der Waals surface area contributed by atoms with Crippen LogP contribution in [0.1, 0.15) is 17.4 Å². The van der Waals surface area contributed by atoms with Gasteiger partial charge in [-0.2, -0.15) is 0 Å². The number of hydrogen-bond acceptors (Lipinski definition) is 5. The SMILES string of the molecule is COCC(C)NC(=O)c1ccc(N)nn1. The summed E-state index contributed by atoms with van der Waals surface area (Å²) in [6.07, 6.45) is 0. The summed E-state index contributed by atoms with van der Waals surface area (Å²) in [7, 11) is 1.58. The second kappa shape index (κ2) is 5.26. The van der Waals surface area contributed by atoms with Crippen LogP contribution in [-0.2, 0) is 4.74 Å². The zero-order chi connectivity index (χ0) is 11.3. The van der Waals surface area contributed by atoms with Gasteiger partial charge in [-0.25, -0.2) is 0 Å². The number of ether oxygens (including phenoxy) is 1. The molecule has 6 nitrogen and oxygen atoms in total. The molecule has 1 amide bonds. The number of hydrogen-bond donors (Lipinski definition) is 2. The molecule has 0 radical (unpaired) electrons. The number of rotatable bonds is 4. The third-order valence-corrected chi connectivity index (χ3v) is 1.71. The van der Waals surface area contributed by atoms with Gasteiger partial charge in [0, 0.05) is 13.2 Å². The molecule has 1 rings (SSSR count). The molecule has 0 bridgehead atoms. The number of nitrogen functional groups attached to an aromatic ring is 1. The largest absolute Gasteiger partial charge is 0.383 e. The summed E-state index contributed by atoms with van der Waals surface area (Å²) >= 11 is 0. The van der Waals surface area contributed by atoms with Gasteiger partial charge in [0.1, 0.15) is 5.82 Å². The number of aromatic nitrogens is 2. The van der Waals surface area contributed by atoms with E-state index in [0.717, 1.165) is 0 Å². The number of nitrogens with two attached hydrogens (primary N) is 1. The van der Waals surface area contributed by atoms with Crippen LogP contribution >= 0.6 is 0 Å². The molecule has 15 heavy (non-hydrogen) atoms. The first-order valence-electron chi connectivity index (χ1n) is 4.52. The smallest absolute Gasteiger partial charge is 0.272 e. The van der Waals surface area contributed by atoms with Gasteiger partial charge in [-0.15, -0.1) is 10.2 Å². The molecule has 0 aliphatic rings. The average molecular weight is 210 g/mol. The number of carbonyl (C=O) groups is 1. The summed E-state index contributed by atoms with van der Waals surface area (Å²) in [6.45, 7) is 2.29. The van der Waals surface area contributed by atoms with Crippen molar-refractivity contribution in [2.24, 2.45) is 0 Å². The summed E-state index contributed by atoms with van der Waals surface area (Å²) in [5, 5.41) is 9.96. The maximum absolute atomic E-state index is 11.5. The van der Waals surface area contributed by atoms with Crippen molar-refractivity contribution in [3.8, 4) is 0 Å². The summed E-state index contributed by atoms with van der Waals surface area (Å²) in [5.41, 5.74) is 5.59. The van der Waals surface area contributed by atoms with Gasteiger partial charge >= 0.3 is 0 Å². The predicted molar refractivity (Wildman–Crippen MR) is 55.2 cm³/mol. The molecule has 1 heterocycles. The van der Waals surface area contributed by atoms with Gasteiger partial charge in [-0.05, 0) is 19.1 Å². The van der Waals surface area contributed by atoms with Gasteiger partial charge in [-0.3, -0.25) is 4.79 Å². The van der Waals surface area contributed by atoms with E-state index in [1.807, 2.05) is 6.92 Å². The van der Waals surface area contributed by atoms with Crippen molar-refractivity contribution in [1.82, 2.24) is 15.5 Å². The fourth-order valence-corrected chi connectivity index (χ4v) is 1.05. The molecule has 0 aromatic carbocycles. The van der Waals surface area contributed by atoms with Crippen LogP contribution in [-0.4, -0.2) is 35.9 Å². The van der Waals surface area contributed by atoms with Crippen molar-refractivity contribution in [2.75, 3.05) is 19.5 Å². The van der Waals surface area contributed by atoms with Crippen LogP contribution in [0.5, 0.6) is 0 Å². The second-order valence-electron chi connectivity index (χ2n) is 3.17. The highest BCUT2D eigenvalue weighted by molar-refractivity contribution is 5.92. The standard InChI is InChI=1S/C9H14N4O2/c1-6(5-15-2)11-9(14)7-3-4-8(10)13-12-7/h3-4,6H,5H2,1-2H3,(H2,10,13)(H,11,14). The predicted octanol–water partition coefficient (Wildman–Crippen LogP) is -0.177. The highest BCUT2D eigenvalue weighted by Gasteiger charge is 2.10. The third kappa shape index (κ3) is 3.51. The number of anilines is 1.